The summed E-state index contributed by atoms with van der Waals surface area (Å²) in [7, 11) is 0. The molecule has 1 rings (SSSR count). The molecule has 0 amide bonds. The Morgan fingerprint density at radius 3 is 2.45 bits per heavy atom. The lowest BCUT2D eigenvalue weighted by atomic mass is 9.86. The molecule has 0 saturated carbocycles. The minimum atomic E-state index is -0.718. The Morgan fingerprint density at radius 1 is 1.23 bits per heavy atom. The molecule has 2 unspecified atom stereocenters. The highest BCUT2D eigenvalue weighted by Crippen LogP contribution is 2.24. The molecule has 0 N–H and O–H groups in total. The molecule has 2 atom stereocenters. The molecular weight excluding hydrogens is 300 g/mol. The molecule has 0 aliphatic carbocycles. The summed E-state index contributed by atoms with van der Waals surface area (Å²) in [4.78, 5) is 35.5. The van der Waals surface area contributed by atoms with Gasteiger partial charge in [-0.3, -0.25) is 9.59 Å². The Kier molecular flexibility index (Phi) is 8.51. The van der Waals surface area contributed by atoms with Crippen LogP contribution in [0.4, 0.5) is 0 Å². The maximum Gasteiger partial charge on any atom is 0.310 e. The average Bonchev–Trinajstić information content (AvgIpc) is 2.52. The molecule has 1 aromatic rings. The van der Waals surface area contributed by atoms with Crippen molar-refractivity contribution in [3.05, 3.63) is 35.9 Å². The Morgan fingerprint density at radius 2 is 1.91 bits per heavy atom. The average molecular weight is 322 g/mol. The lowest BCUT2D eigenvalue weighted by Gasteiger charge is -2.20. The Bertz CT molecular complexity index is 487. The summed E-state index contributed by atoms with van der Waals surface area (Å²) in [6, 6.07) is 9.47. The topological polar surface area (TPSA) is 60.4 Å². The van der Waals surface area contributed by atoms with Gasteiger partial charge in [0.1, 0.15) is 6.29 Å². The van der Waals surface area contributed by atoms with Crippen LogP contribution in [-0.2, 0) is 25.5 Å². The Hall–Kier alpha value is -1.62. The number of benzene rings is 1. The molecule has 0 fully saturated rings. The van der Waals surface area contributed by atoms with Crippen LogP contribution in [0.3, 0.4) is 0 Å². The predicted octanol–water partition coefficient (Wildman–Crippen LogP) is 2.89. The number of hydrogen-bond acceptors (Lipinski definition) is 5. The largest absolute Gasteiger partial charge is 0.466 e. The monoisotopic (exact) mass is 322 g/mol. The normalized spacial score (nSPS) is 13.2. The van der Waals surface area contributed by atoms with Gasteiger partial charge in [0.05, 0.1) is 12.5 Å². The van der Waals surface area contributed by atoms with E-state index in [2.05, 4.69) is 0 Å². The van der Waals surface area contributed by atoms with Crippen molar-refractivity contribution in [3.8, 4) is 0 Å². The highest BCUT2D eigenvalue weighted by atomic mass is 32.2. The fraction of sp³-hybridized carbons (Fsp3) is 0.471. The third-order valence-corrected chi connectivity index (χ3v) is 4.06. The Balaban J connectivity index is 2.87. The van der Waals surface area contributed by atoms with Crippen molar-refractivity contribution < 1.29 is 19.1 Å². The number of aldehydes is 1. The Labute approximate surface area is 135 Å². The maximum atomic E-state index is 12.1. The van der Waals surface area contributed by atoms with Crippen molar-refractivity contribution in [2.45, 2.75) is 26.7 Å². The van der Waals surface area contributed by atoms with E-state index in [0.29, 0.717) is 12.2 Å². The third kappa shape index (κ3) is 6.02. The highest BCUT2D eigenvalue weighted by molar-refractivity contribution is 8.13. The van der Waals surface area contributed by atoms with Gasteiger partial charge in [0.25, 0.3) is 0 Å². The molecule has 0 bridgehead atoms. The van der Waals surface area contributed by atoms with Crippen molar-refractivity contribution in [2.75, 3.05) is 12.4 Å². The molecule has 0 radical (unpaired) electrons. The number of esters is 1. The summed E-state index contributed by atoms with van der Waals surface area (Å²) < 4.78 is 5.04. The van der Waals surface area contributed by atoms with Crippen LogP contribution in [-0.4, -0.2) is 29.7 Å². The molecule has 0 aliphatic rings. The van der Waals surface area contributed by atoms with E-state index in [9.17, 15) is 14.4 Å². The minimum absolute atomic E-state index is 0.0353. The van der Waals surface area contributed by atoms with Crippen LogP contribution in [0.2, 0.25) is 0 Å². The molecule has 1 aromatic carbocycles. The van der Waals surface area contributed by atoms with E-state index >= 15 is 0 Å². The summed E-state index contributed by atoms with van der Waals surface area (Å²) in [6.45, 7) is 3.83. The number of thioether (sulfide) groups is 1. The zero-order valence-corrected chi connectivity index (χ0v) is 13.8. The zero-order chi connectivity index (χ0) is 16.4. The lowest BCUT2D eigenvalue weighted by molar-refractivity contribution is -0.152. The molecule has 0 saturated heterocycles. The second kappa shape index (κ2) is 10.2. The van der Waals surface area contributed by atoms with E-state index in [1.165, 1.54) is 11.8 Å². The minimum Gasteiger partial charge on any atom is -0.466 e. The van der Waals surface area contributed by atoms with Gasteiger partial charge >= 0.3 is 5.97 Å². The zero-order valence-electron chi connectivity index (χ0n) is 13.0. The fourth-order valence-corrected chi connectivity index (χ4v) is 2.85. The van der Waals surface area contributed by atoms with E-state index in [0.717, 1.165) is 11.8 Å². The number of carbonyl (C=O) groups excluding carboxylic acids is 3. The number of hydrogen-bond donors (Lipinski definition) is 0. The molecule has 5 heteroatoms. The predicted molar refractivity (Wildman–Crippen MR) is 87.6 cm³/mol. The van der Waals surface area contributed by atoms with Crippen molar-refractivity contribution in [3.63, 3.8) is 0 Å². The van der Waals surface area contributed by atoms with Crippen LogP contribution in [0, 0.1) is 11.8 Å². The summed E-state index contributed by atoms with van der Waals surface area (Å²) in [5.74, 6) is -1.09. The summed E-state index contributed by atoms with van der Waals surface area (Å²) in [6.07, 6.45) is 1.23. The first-order chi connectivity index (χ1) is 10.6. The van der Waals surface area contributed by atoms with Crippen molar-refractivity contribution in [1.29, 1.82) is 0 Å². The van der Waals surface area contributed by atoms with Gasteiger partial charge in [-0.15, -0.1) is 0 Å². The number of rotatable bonds is 9. The van der Waals surface area contributed by atoms with Crippen LogP contribution < -0.4 is 0 Å². The fourth-order valence-electron chi connectivity index (χ4n) is 2.23. The second-order valence-corrected chi connectivity index (χ2v) is 6.18. The molecule has 4 nitrogen and oxygen atoms in total. The molecule has 0 aromatic heterocycles. The highest BCUT2D eigenvalue weighted by Gasteiger charge is 2.31. The van der Waals surface area contributed by atoms with Gasteiger partial charge in [0.2, 0.25) is 0 Å². The summed E-state index contributed by atoms with van der Waals surface area (Å²) in [5, 5.41) is -0.0829. The van der Waals surface area contributed by atoms with Gasteiger partial charge in [-0.1, -0.05) is 49.0 Å². The smallest absolute Gasteiger partial charge is 0.310 e. The third-order valence-electron chi connectivity index (χ3n) is 3.29. The van der Waals surface area contributed by atoms with E-state index < -0.39 is 17.8 Å². The van der Waals surface area contributed by atoms with Gasteiger partial charge in [-0.2, -0.15) is 0 Å². The second-order valence-electron chi connectivity index (χ2n) is 4.86. The van der Waals surface area contributed by atoms with Crippen molar-refractivity contribution in [1.82, 2.24) is 0 Å². The first-order valence-corrected chi connectivity index (χ1v) is 8.42. The van der Waals surface area contributed by atoms with Crippen molar-refractivity contribution >= 4 is 29.1 Å². The molecule has 0 aliphatic heterocycles. The van der Waals surface area contributed by atoms with E-state index in [1.54, 1.807) is 6.92 Å². The van der Waals surface area contributed by atoms with Gasteiger partial charge < -0.3 is 9.53 Å². The molecule has 22 heavy (non-hydrogen) atoms. The van der Waals surface area contributed by atoms with Crippen LogP contribution in [0.25, 0.3) is 0 Å². The molecule has 0 heterocycles. The van der Waals surface area contributed by atoms with Crippen LogP contribution in [0.1, 0.15) is 25.8 Å². The van der Waals surface area contributed by atoms with Gasteiger partial charge in [-0.25, -0.2) is 0 Å². The van der Waals surface area contributed by atoms with Gasteiger partial charge in [0.15, 0.2) is 5.12 Å². The van der Waals surface area contributed by atoms with Gasteiger partial charge in [-0.05, 0) is 24.7 Å². The van der Waals surface area contributed by atoms with Crippen molar-refractivity contribution in [2.24, 2.45) is 11.8 Å². The maximum absolute atomic E-state index is 12.1. The quantitative estimate of drug-likeness (QED) is 0.517. The molecule has 0 spiro atoms. The number of carbonyl (C=O) groups is 3. The van der Waals surface area contributed by atoms with E-state index in [1.807, 2.05) is 37.3 Å². The lowest BCUT2D eigenvalue weighted by Crippen LogP contribution is -2.30. The number of ether oxygens (including phenoxy) is 1. The summed E-state index contributed by atoms with van der Waals surface area (Å²) >= 11 is 1.17. The van der Waals surface area contributed by atoms with E-state index in [4.69, 9.17) is 4.74 Å². The van der Waals surface area contributed by atoms with Gasteiger partial charge in [0, 0.05) is 12.3 Å². The van der Waals surface area contributed by atoms with E-state index in [-0.39, 0.29) is 18.1 Å². The molecule has 120 valence electrons. The van der Waals surface area contributed by atoms with Crippen LogP contribution in [0.15, 0.2) is 30.3 Å². The molecular formula is C17H22O4S. The standard InChI is InChI=1S/C17H22O4S/c1-3-21-17(20)15(11-16(19)22-4-2)14(12-18)10-13-8-6-5-7-9-13/h5-9,12,14-15H,3-4,10-11H2,1-2H3. The summed E-state index contributed by atoms with van der Waals surface area (Å²) in [5.41, 5.74) is 0.962. The SMILES string of the molecule is CCOC(=O)C(CC(=O)SCC)C(C=O)Cc1ccccc1. The first kappa shape index (κ1) is 18.4. The van der Waals surface area contributed by atoms with Crippen LogP contribution >= 0.6 is 11.8 Å². The van der Waals surface area contributed by atoms with Crippen LogP contribution in [0.5, 0.6) is 0 Å². The first-order valence-electron chi connectivity index (χ1n) is 7.43.